The van der Waals surface area contributed by atoms with Gasteiger partial charge in [0.15, 0.2) is 6.35 Å². The van der Waals surface area contributed by atoms with Crippen molar-refractivity contribution in [1.82, 2.24) is 0 Å². The van der Waals surface area contributed by atoms with Crippen LogP contribution in [-0.4, -0.2) is 27.5 Å². The van der Waals surface area contributed by atoms with E-state index in [1.165, 1.54) is 6.92 Å². The van der Waals surface area contributed by atoms with E-state index in [0.29, 0.717) is 6.07 Å². The molecular formula is C13H18F3O6PS. The van der Waals surface area contributed by atoms with E-state index in [1.807, 2.05) is 0 Å². The molecule has 0 amide bonds. The Morgan fingerprint density at radius 3 is 2.29 bits per heavy atom. The van der Waals surface area contributed by atoms with Crippen molar-refractivity contribution in [2.75, 3.05) is 13.0 Å². The zero-order valence-corrected chi connectivity index (χ0v) is 15.0. The number of alkyl halides is 3. The summed E-state index contributed by atoms with van der Waals surface area (Å²) < 4.78 is 89.7. The molecule has 0 heterocycles. The van der Waals surface area contributed by atoms with Crippen molar-refractivity contribution in [3.8, 4) is 0 Å². The quantitative estimate of drug-likeness (QED) is 0.493. The van der Waals surface area contributed by atoms with Crippen LogP contribution in [-0.2, 0) is 34.1 Å². The molecule has 6 nitrogen and oxygen atoms in total. The first-order chi connectivity index (χ1) is 10.9. The molecule has 0 radical (unpaired) electrons. The second-order valence-corrected chi connectivity index (χ2v) is 8.41. The molecule has 0 aromatic heterocycles. The van der Waals surface area contributed by atoms with Gasteiger partial charge in [0, 0.05) is 0 Å². The van der Waals surface area contributed by atoms with Crippen LogP contribution in [0.3, 0.4) is 0 Å². The minimum absolute atomic E-state index is 0.0491. The van der Waals surface area contributed by atoms with E-state index in [2.05, 4.69) is 4.18 Å². The Labute approximate surface area is 138 Å². The largest absolute Gasteiger partial charge is 0.417 e. The fraction of sp³-hybridized carbons (Fsp3) is 0.538. The Morgan fingerprint density at radius 2 is 1.79 bits per heavy atom. The molecule has 0 fully saturated rings. The van der Waals surface area contributed by atoms with Crippen molar-refractivity contribution < 1.29 is 39.4 Å². The van der Waals surface area contributed by atoms with E-state index in [4.69, 9.17) is 9.05 Å². The van der Waals surface area contributed by atoms with Gasteiger partial charge in [-0.15, -0.1) is 0 Å². The average Bonchev–Trinajstić information content (AvgIpc) is 2.44. The Balaban J connectivity index is 3.09. The van der Waals surface area contributed by atoms with Crippen LogP contribution in [0.4, 0.5) is 13.2 Å². The molecule has 0 aliphatic rings. The summed E-state index contributed by atoms with van der Waals surface area (Å²) in [7, 11) is -8.74. The molecule has 1 unspecified atom stereocenters. The second-order valence-electron chi connectivity index (χ2n) is 4.88. The highest BCUT2D eigenvalue weighted by Crippen LogP contribution is 2.50. The van der Waals surface area contributed by atoms with Gasteiger partial charge in [0.25, 0.3) is 10.1 Å². The van der Waals surface area contributed by atoms with Crippen LogP contribution in [0.5, 0.6) is 0 Å². The summed E-state index contributed by atoms with van der Waals surface area (Å²) in [6, 6.07) is 3.54. The molecular weight excluding hydrogens is 372 g/mol. The van der Waals surface area contributed by atoms with Gasteiger partial charge in [-0.25, -0.2) is 0 Å². The molecule has 138 valence electrons. The zero-order valence-electron chi connectivity index (χ0n) is 13.2. The lowest BCUT2D eigenvalue weighted by molar-refractivity contribution is -0.140. The highest BCUT2D eigenvalue weighted by atomic mass is 32.2. The lowest BCUT2D eigenvalue weighted by Gasteiger charge is -2.20. The van der Waals surface area contributed by atoms with Crippen LogP contribution in [0.25, 0.3) is 0 Å². The fourth-order valence-corrected chi connectivity index (χ4v) is 4.86. The van der Waals surface area contributed by atoms with Gasteiger partial charge < -0.3 is 9.05 Å². The van der Waals surface area contributed by atoms with Crippen molar-refractivity contribution in [2.45, 2.75) is 37.9 Å². The third-order valence-corrected chi connectivity index (χ3v) is 5.86. The Hall–Kier alpha value is -0.930. The molecule has 1 atom stereocenters. The minimum Gasteiger partial charge on any atom is -0.307 e. The standard InChI is InChI=1S/C13H18F3O6PS/c1-4-20-23(17,22-10(2)3)9-21-24(18,19)12-8-6-5-7-11(12)13(14,15)16/h5-8,10H,4,9H2,1-3H3. The summed E-state index contributed by atoms with van der Waals surface area (Å²) in [5.74, 6) is 0. The van der Waals surface area contributed by atoms with Gasteiger partial charge in [0.2, 0.25) is 0 Å². The third-order valence-electron chi connectivity index (χ3n) is 2.52. The maximum Gasteiger partial charge on any atom is 0.417 e. The van der Waals surface area contributed by atoms with E-state index in [1.54, 1.807) is 13.8 Å². The average molecular weight is 390 g/mol. The van der Waals surface area contributed by atoms with Crippen LogP contribution in [0, 0.1) is 0 Å². The monoisotopic (exact) mass is 390 g/mol. The minimum atomic E-state index is -4.88. The number of rotatable bonds is 8. The van der Waals surface area contributed by atoms with Gasteiger partial charge >= 0.3 is 13.8 Å². The second kappa shape index (κ2) is 7.97. The Morgan fingerprint density at radius 1 is 1.21 bits per heavy atom. The molecule has 11 heteroatoms. The number of hydrogen-bond donors (Lipinski definition) is 0. The van der Waals surface area contributed by atoms with Crippen molar-refractivity contribution >= 4 is 17.7 Å². The summed E-state index contributed by atoms with van der Waals surface area (Å²) in [4.78, 5) is -1.06. The van der Waals surface area contributed by atoms with E-state index >= 15 is 0 Å². The van der Waals surface area contributed by atoms with Crippen molar-refractivity contribution in [2.24, 2.45) is 0 Å². The highest BCUT2D eigenvalue weighted by molar-refractivity contribution is 7.87. The smallest absolute Gasteiger partial charge is 0.307 e. The van der Waals surface area contributed by atoms with Gasteiger partial charge in [-0.1, -0.05) is 12.1 Å². The summed E-state index contributed by atoms with van der Waals surface area (Å²) in [6.07, 6.45) is -6.46. The van der Waals surface area contributed by atoms with Crippen LogP contribution in [0.2, 0.25) is 0 Å². The number of halogens is 3. The molecule has 0 saturated heterocycles. The Kier molecular flexibility index (Phi) is 7.01. The van der Waals surface area contributed by atoms with Gasteiger partial charge in [-0.3, -0.25) is 8.75 Å². The van der Waals surface area contributed by atoms with E-state index in [0.717, 1.165) is 18.2 Å². The Bertz CT molecular complexity index is 702. The predicted octanol–water partition coefficient (Wildman–Crippen LogP) is 4.02. The third kappa shape index (κ3) is 5.86. The van der Waals surface area contributed by atoms with Crippen LogP contribution in [0.15, 0.2) is 29.2 Å². The van der Waals surface area contributed by atoms with E-state index in [-0.39, 0.29) is 6.61 Å². The molecule has 1 rings (SSSR count). The normalized spacial score (nSPS) is 15.5. The SMILES string of the molecule is CCOP(=O)(COS(=O)(=O)c1ccccc1C(F)(F)F)OC(C)C. The highest BCUT2D eigenvalue weighted by Gasteiger charge is 2.38. The van der Waals surface area contributed by atoms with Crippen LogP contribution >= 0.6 is 7.60 Å². The summed E-state index contributed by atoms with van der Waals surface area (Å²) >= 11 is 0. The molecule has 1 aromatic carbocycles. The summed E-state index contributed by atoms with van der Waals surface area (Å²) in [6.45, 7) is 4.54. The lowest BCUT2D eigenvalue weighted by atomic mass is 10.2. The van der Waals surface area contributed by atoms with Crippen LogP contribution in [0.1, 0.15) is 26.3 Å². The molecule has 0 bridgehead atoms. The fourth-order valence-electron chi connectivity index (χ4n) is 1.73. The molecule has 24 heavy (non-hydrogen) atoms. The molecule has 0 aliphatic carbocycles. The van der Waals surface area contributed by atoms with E-state index < -0.39 is 46.8 Å². The van der Waals surface area contributed by atoms with Crippen molar-refractivity contribution in [3.05, 3.63) is 29.8 Å². The van der Waals surface area contributed by atoms with Crippen molar-refractivity contribution in [1.29, 1.82) is 0 Å². The summed E-state index contributed by atoms with van der Waals surface area (Å²) in [5.41, 5.74) is -1.37. The molecule has 0 spiro atoms. The molecule has 0 N–H and O–H groups in total. The maximum atomic E-state index is 12.9. The van der Waals surface area contributed by atoms with Crippen LogP contribution < -0.4 is 0 Å². The summed E-state index contributed by atoms with van der Waals surface area (Å²) in [5, 5.41) is 0. The van der Waals surface area contributed by atoms with Gasteiger partial charge in [0.05, 0.1) is 18.3 Å². The van der Waals surface area contributed by atoms with Gasteiger partial charge in [-0.2, -0.15) is 21.6 Å². The first kappa shape index (κ1) is 21.1. The first-order valence-electron chi connectivity index (χ1n) is 6.89. The topological polar surface area (TPSA) is 78.9 Å². The molecule has 0 saturated carbocycles. The van der Waals surface area contributed by atoms with Crippen molar-refractivity contribution in [3.63, 3.8) is 0 Å². The number of hydrogen-bond acceptors (Lipinski definition) is 6. The van der Waals surface area contributed by atoms with Gasteiger partial charge in [0.1, 0.15) is 4.90 Å². The predicted molar refractivity (Wildman–Crippen MR) is 80.0 cm³/mol. The molecule has 1 aromatic rings. The van der Waals surface area contributed by atoms with Gasteiger partial charge in [-0.05, 0) is 32.9 Å². The molecule has 0 aliphatic heterocycles. The maximum absolute atomic E-state index is 12.9. The lowest BCUT2D eigenvalue weighted by Crippen LogP contribution is -2.17. The van der Waals surface area contributed by atoms with E-state index in [9.17, 15) is 26.2 Å². The number of benzene rings is 1. The first-order valence-corrected chi connectivity index (χ1v) is 10.0. The zero-order chi connectivity index (χ0) is 18.6.